The minimum atomic E-state index is -0.592. The second-order valence-corrected chi connectivity index (χ2v) is 4.71. The molecule has 2 rings (SSSR count). The van der Waals surface area contributed by atoms with Gasteiger partial charge in [-0.05, 0) is 38.1 Å². The van der Waals surface area contributed by atoms with Gasteiger partial charge in [0, 0.05) is 0 Å². The highest BCUT2D eigenvalue weighted by Crippen LogP contribution is 2.27. The van der Waals surface area contributed by atoms with Crippen LogP contribution in [-0.2, 0) is 4.74 Å². The highest BCUT2D eigenvalue weighted by atomic mass is 16.5. The molecular weight excluding hydrogens is 284 g/mol. The molecule has 0 atom stereocenters. The van der Waals surface area contributed by atoms with Crippen LogP contribution in [0, 0.1) is 0 Å². The van der Waals surface area contributed by atoms with E-state index >= 15 is 0 Å². The Morgan fingerprint density at radius 2 is 1.77 bits per heavy atom. The molecule has 0 unspecified atom stereocenters. The summed E-state index contributed by atoms with van der Waals surface area (Å²) in [5.41, 5.74) is 0.791. The quantitative estimate of drug-likeness (QED) is 0.882. The zero-order chi connectivity index (χ0) is 15.9. The van der Waals surface area contributed by atoms with E-state index in [4.69, 9.17) is 4.74 Å². The first kappa shape index (κ1) is 15.6. The zero-order valence-electron chi connectivity index (χ0n) is 12.7. The molecule has 2 N–H and O–H groups in total. The van der Waals surface area contributed by atoms with Gasteiger partial charge in [-0.25, -0.2) is 4.79 Å². The highest BCUT2D eigenvalue weighted by molar-refractivity contribution is 5.83. The first-order valence-corrected chi connectivity index (χ1v) is 6.80. The maximum absolute atomic E-state index is 11.1. The van der Waals surface area contributed by atoms with E-state index in [1.807, 2.05) is 38.1 Å². The lowest BCUT2D eigenvalue weighted by Gasteiger charge is -2.14. The normalized spacial score (nSPS) is 10.2. The standard InChI is InChI=1S/C15H18N4O3/c1-10(2)22-12-7-5-4-6-11(12)16-13-8-9-14(19-18-13)17-15(20)21-3/h4-10H,1-3H3,(H,16,18)(H,17,19,20). The topological polar surface area (TPSA) is 85.4 Å². The molecule has 0 radical (unpaired) electrons. The highest BCUT2D eigenvalue weighted by Gasteiger charge is 2.07. The second kappa shape index (κ2) is 7.26. The van der Waals surface area contributed by atoms with Crippen molar-refractivity contribution >= 4 is 23.4 Å². The van der Waals surface area contributed by atoms with E-state index in [9.17, 15) is 4.79 Å². The van der Waals surface area contributed by atoms with Crippen LogP contribution < -0.4 is 15.4 Å². The number of nitrogens with one attached hydrogen (secondary N) is 2. The van der Waals surface area contributed by atoms with Gasteiger partial charge in [-0.3, -0.25) is 5.32 Å². The van der Waals surface area contributed by atoms with Crippen LogP contribution in [0.3, 0.4) is 0 Å². The summed E-state index contributed by atoms with van der Waals surface area (Å²) in [4.78, 5) is 11.1. The van der Waals surface area contributed by atoms with Crippen LogP contribution in [0.1, 0.15) is 13.8 Å². The average Bonchev–Trinajstić information content (AvgIpc) is 2.50. The molecule has 22 heavy (non-hydrogen) atoms. The summed E-state index contributed by atoms with van der Waals surface area (Å²) in [6, 6.07) is 10.9. The molecular formula is C15H18N4O3. The molecule has 0 aliphatic heterocycles. The van der Waals surface area contributed by atoms with Crippen LogP contribution in [0.25, 0.3) is 0 Å². The summed E-state index contributed by atoms with van der Waals surface area (Å²) in [6.07, 6.45) is -0.522. The van der Waals surface area contributed by atoms with Crippen LogP contribution in [0.5, 0.6) is 5.75 Å². The number of carbonyl (C=O) groups excluding carboxylic acids is 1. The Bertz CT molecular complexity index is 629. The number of nitrogens with zero attached hydrogens (tertiary/aromatic N) is 2. The van der Waals surface area contributed by atoms with Gasteiger partial charge in [-0.15, -0.1) is 10.2 Å². The van der Waals surface area contributed by atoms with Crippen molar-refractivity contribution in [3.8, 4) is 5.75 Å². The molecule has 0 bridgehead atoms. The molecule has 0 saturated carbocycles. The van der Waals surface area contributed by atoms with E-state index in [1.165, 1.54) is 7.11 Å². The molecule has 116 valence electrons. The number of methoxy groups -OCH3 is 1. The number of carbonyl (C=O) groups is 1. The lowest BCUT2D eigenvalue weighted by molar-refractivity contribution is 0.187. The molecule has 0 fully saturated rings. The van der Waals surface area contributed by atoms with Crippen LogP contribution in [0.15, 0.2) is 36.4 Å². The number of aromatic nitrogens is 2. The van der Waals surface area contributed by atoms with Crippen molar-refractivity contribution in [1.29, 1.82) is 0 Å². The van der Waals surface area contributed by atoms with Gasteiger partial charge in [0.2, 0.25) is 0 Å². The molecule has 7 heteroatoms. The summed E-state index contributed by atoms with van der Waals surface area (Å²) in [7, 11) is 1.28. The first-order valence-electron chi connectivity index (χ1n) is 6.80. The van der Waals surface area contributed by atoms with E-state index in [1.54, 1.807) is 12.1 Å². The minimum absolute atomic E-state index is 0.0701. The van der Waals surface area contributed by atoms with Crippen molar-refractivity contribution in [1.82, 2.24) is 10.2 Å². The zero-order valence-corrected chi connectivity index (χ0v) is 12.7. The lowest BCUT2D eigenvalue weighted by atomic mass is 10.3. The number of amides is 1. The lowest BCUT2D eigenvalue weighted by Crippen LogP contribution is -2.12. The third-order valence-corrected chi connectivity index (χ3v) is 2.59. The second-order valence-electron chi connectivity index (χ2n) is 4.71. The smallest absolute Gasteiger partial charge is 0.412 e. The van der Waals surface area contributed by atoms with Gasteiger partial charge in [0.15, 0.2) is 11.6 Å². The number of para-hydroxylation sites is 2. The maximum Gasteiger partial charge on any atom is 0.412 e. The molecule has 0 aliphatic rings. The van der Waals surface area contributed by atoms with Gasteiger partial charge in [0.05, 0.1) is 18.9 Å². The van der Waals surface area contributed by atoms with Gasteiger partial charge < -0.3 is 14.8 Å². The molecule has 0 aliphatic carbocycles. The van der Waals surface area contributed by atoms with Crippen molar-refractivity contribution < 1.29 is 14.3 Å². The largest absolute Gasteiger partial charge is 0.489 e. The Morgan fingerprint density at radius 3 is 2.41 bits per heavy atom. The number of anilines is 3. The van der Waals surface area contributed by atoms with Gasteiger partial charge in [-0.2, -0.15) is 0 Å². The SMILES string of the molecule is COC(=O)Nc1ccc(Nc2ccccc2OC(C)C)nn1. The van der Waals surface area contributed by atoms with E-state index in [0.717, 1.165) is 11.4 Å². The molecule has 2 aromatic rings. The number of benzene rings is 1. The fraction of sp³-hybridized carbons (Fsp3) is 0.267. The molecule has 1 aromatic heterocycles. The van der Waals surface area contributed by atoms with Crippen LogP contribution >= 0.6 is 0 Å². The number of hydrogen-bond donors (Lipinski definition) is 2. The number of hydrogen-bond acceptors (Lipinski definition) is 6. The Kier molecular flexibility index (Phi) is 5.13. The number of ether oxygens (including phenoxy) is 2. The Balaban J connectivity index is 2.09. The average molecular weight is 302 g/mol. The molecule has 1 aromatic carbocycles. The predicted octanol–water partition coefficient (Wildman–Crippen LogP) is 3.19. The Morgan fingerprint density at radius 1 is 1.09 bits per heavy atom. The van der Waals surface area contributed by atoms with Crippen molar-refractivity contribution in [2.75, 3.05) is 17.7 Å². The van der Waals surface area contributed by atoms with E-state index < -0.39 is 6.09 Å². The Labute approximate surface area is 128 Å². The van der Waals surface area contributed by atoms with Crippen molar-refractivity contribution in [3.63, 3.8) is 0 Å². The third-order valence-electron chi connectivity index (χ3n) is 2.59. The van der Waals surface area contributed by atoms with Crippen molar-refractivity contribution in [3.05, 3.63) is 36.4 Å². The summed E-state index contributed by atoms with van der Waals surface area (Å²) in [5, 5.41) is 13.4. The molecule has 7 nitrogen and oxygen atoms in total. The Hall–Kier alpha value is -2.83. The van der Waals surface area contributed by atoms with Crippen LogP contribution in [0.2, 0.25) is 0 Å². The fourth-order valence-corrected chi connectivity index (χ4v) is 1.69. The minimum Gasteiger partial charge on any atom is -0.489 e. The molecule has 1 heterocycles. The van der Waals surface area contributed by atoms with Crippen molar-refractivity contribution in [2.45, 2.75) is 20.0 Å². The van der Waals surface area contributed by atoms with E-state index in [2.05, 4.69) is 25.6 Å². The summed E-state index contributed by atoms with van der Waals surface area (Å²) in [6.45, 7) is 3.92. The van der Waals surface area contributed by atoms with Gasteiger partial charge in [-0.1, -0.05) is 12.1 Å². The molecule has 0 saturated heterocycles. The molecule has 1 amide bonds. The fourth-order valence-electron chi connectivity index (χ4n) is 1.69. The summed E-state index contributed by atoms with van der Waals surface area (Å²) in [5.74, 6) is 1.58. The number of rotatable bonds is 5. The summed E-state index contributed by atoms with van der Waals surface area (Å²) < 4.78 is 10.2. The monoisotopic (exact) mass is 302 g/mol. The van der Waals surface area contributed by atoms with Gasteiger partial charge >= 0.3 is 6.09 Å². The van der Waals surface area contributed by atoms with Gasteiger partial charge in [0.25, 0.3) is 0 Å². The predicted molar refractivity (Wildman–Crippen MR) is 83.5 cm³/mol. The van der Waals surface area contributed by atoms with Crippen LogP contribution in [-0.4, -0.2) is 29.5 Å². The summed E-state index contributed by atoms with van der Waals surface area (Å²) >= 11 is 0. The van der Waals surface area contributed by atoms with Crippen molar-refractivity contribution in [2.24, 2.45) is 0 Å². The third kappa shape index (κ3) is 4.34. The molecule has 0 spiro atoms. The van der Waals surface area contributed by atoms with Gasteiger partial charge in [0.1, 0.15) is 5.75 Å². The first-order chi connectivity index (χ1) is 10.6. The van der Waals surface area contributed by atoms with Crippen LogP contribution in [0.4, 0.5) is 22.1 Å². The van der Waals surface area contributed by atoms with E-state index in [-0.39, 0.29) is 6.10 Å². The van der Waals surface area contributed by atoms with E-state index in [0.29, 0.717) is 11.6 Å². The maximum atomic E-state index is 11.1.